The first-order valence-corrected chi connectivity index (χ1v) is 4.83. The minimum absolute atomic E-state index is 0.0663. The summed E-state index contributed by atoms with van der Waals surface area (Å²) in [4.78, 5) is 22.2. The van der Waals surface area contributed by atoms with Crippen LogP contribution in [0.3, 0.4) is 0 Å². The molecular formula is C10H15NO3. The number of rotatable bonds is 4. The molecule has 4 heteroatoms. The fourth-order valence-corrected chi connectivity index (χ4v) is 1.46. The summed E-state index contributed by atoms with van der Waals surface area (Å²) in [5.41, 5.74) is 0. The number of hydrogen-bond donors (Lipinski definition) is 2. The zero-order valence-corrected chi connectivity index (χ0v) is 8.19. The van der Waals surface area contributed by atoms with Crippen LogP contribution >= 0.6 is 0 Å². The first kappa shape index (κ1) is 10.8. The highest BCUT2D eigenvalue weighted by atomic mass is 16.4. The number of carboxylic acid groups (broad SMARTS) is 1. The summed E-state index contributed by atoms with van der Waals surface area (Å²) in [7, 11) is 0. The van der Waals surface area contributed by atoms with Crippen molar-refractivity contribution in [1.82, 2.24) is 5.32 Å². The van der Waals surface area contributed by atoms with Crippen LogP contribution in [-0.2, 0) is 9.59 Å². The predicted octanol–water partition coefficient (Wildman–Crippen LogP) is 0.932. The summed E-state index contributed by atoms with van der Waals surface area (Å²) < 4.78 is 0. The van der Waals surface area contributed by atoms with Crippen molar-refractivity contribution in [1.29, 1.82) is 0 Å². The molecule has 0 aromatic carbocycles. The van der Waals surface area contributed by atoms with Crippen molar-refractivity contribution in [2.24, 2.45) is 5.92 Å². The second-order valence-electron chi connectivity index (χ2n) is 3.45. The fourth-order valence-electron chi connectivity index (χ4n) is 1.46. The van der Waals surface area contributed by atoms with E-state index in [0.29, 0.717) is 6.42 Å². The second-order valence-corrected chi connectivity index (χ2v) is 3.45. The average molecular weight is 197 g/mol. The zero-order chi connectivity index (χ0) is 10.6. The van der Waals surface area contributed by atoms with Gasteiger partial charge in [-0.3, -0.25) is 4.79 Å². The van der Waals surface area contributed by atoms with Crippen LogP contribution < -0.4 is 5.32 Å². The third-order valence-corrected chi connectivity index (χ3v) is 2.40. The van der Waals surface area contributed by atoms with Crippen LogP contribution in [0.2, 0.25) is 0 Å². The molecule has 4 nitrogen and oxygen atoms in total. The highest BCUT2D eigenvalue weighted by Gasteiger charge is 2.24. The highest BCUT2D eigenvalue weighted by molar-refractivity contribution is 5.85. The molecular weight excluding hydrogens is 182 g/mol. The van der Waals surface area contributed by atoms with Crippen LogP contribution in [-0.4, -0.2) is 23.0 Å². The Morgan fingerprint density at radius 2 is 2.07 bits per heavy atom. The van der Waals surface area contributed by atoms with Crippen molar-refractivity contribution < 1.29 is 14.7 Å². The van der Waals surface area contributed by atoms with Gasteiger partial charge in [0.1, 0.15) is 6.04 Å². The van der Waals surface area contributed by atoms with E-state index in [0.717, 1.165) is 12.8 Å². The van der Waals surface area contributed by atoms with Crippen LogP contribution in [0, 0.1) is 5.92 Å². The molecule has 1 aliphatic carbocycles. The van der Waals surface area contributed by atoms with Gasteiger partial charge in [0.25, 0.3) is 0 Å². The van der Waals surface area contributed by atoms with Crippen molar-refractivity contribution >= 4 is 11.9 Å². The number of hydrogen-bond acceptors (Lipinski definition) is 2. The molecule has 0 spiro atoms. The van der Waals surface area contributed by atoms with E-state index in [1.54, 1.807) is 6.92 Å². The van der Waals surface area contributed by atoms with Crippen molar-refractivity contribution in [2.75, 3.05) is 0 Å². The topological polar surface area (TPSA) is 66.4 Å². The van der Waals surface area contributed by atoms with Gasteiger partial charge in [-0.2, -0.15) is 0 Å². The molecule has 0 fully saturated rings. The summed E-state index contributed by atoms with van der Waals surface area (Å²) in [6, 6.07) is -0.747. The normalized spacial score (nSPS) is 18.1. The molecule has 1 amide bonds. The average Bonchev–Trinajstić information content (AvgIpc) is 2.65. The predicted molar refractivity (Wildman–Crippen MR) is 51.7 cm³/mol. The second kappa shape index (κ2) is 4.79. The minimum Gasteiger partial charge on any atom is -0.480 e. The Bertz CT molecular complexity index is 252. The summed E-state index contributed by atoms with van der Waals surface area (Å²) >= 11 is 0. The van der Waals surface area contributed by atoms with E-state index in [4.69, 9.17) is 5.11 Å². The van der Waals surface area contributed by atoms with E-state index < -0.39 is 12.0 Å². The molecule has 0 aromatic heterocycles. The Labute approximate surface area is 83.0 Å². The summed E-state index contributed by atoms with van der Waals surface area (Å²) in [5, 5.41) is 11.3. The number of carboxylic acids is 1. The number of allylic oxidation sites excluding steroid dienone is 2. The summed E-state index contributed by atoms with van der Waals surface area (Å²) in [5.74, 6) is -1.18. The molecule has 0 aromatic rings. The van der Waals surface area contributed by atoms with Crippen LogP contribution in [0.1, 0.15) is 26.2 Å². The van der Waals surface area contributed by atoms with Gasteiger partial charge in [0.05, 0.1) is 0 Å². The molecule has 2 N–H and O–H groups in total. The standard InChI is InChI=1S/C10H15NO3/c1-2-8(10(13)14)11-9(12)7-5-3-4-6-7/h3-4,7-8H,2,5-6H2,1H3,(H,11,12)(H,13,14)/t8-/m1/s1. The Morgan fingerprint density at radius 1 is 1.50 bits per heavy atom. The van der Waals surface area contributed by atoms with Crippen molar-refractivity contribution in [3.05, 3.63) is 12.2 Å². The molecule has 1 rings (SSSR count). The van der Waals surface area contributed by atoms with Crippen molar-refractivity contribution in [2.45, 2.75) is 32.2 Å². The van der Waals surface area contributed by atoms with Gasteiger partial charge >= 0.3 is 5.97 Å². The molecule has 0 saturated heterocycles. The van der Waals surface area contributed by atoms with E-state index >= 15 is 0 Å². The first-order chi connectivity index (χ1) is 6.65. The van der Waals surface area contributed by atoms with Crippen molar-refractivity contribution in [3.8, 4) is 0 Å². The molecule has 0 unspecified atom stereocenters. The minimum atomic E-state index is -0.966. The Kier molecular flexibility index (Phi) is 3.68. The fraction of sp³-hybridized carbons (Fsp3) is 0.600. The van der Waals surface area contributed by atoms with E-state index in [1.165, 1.54) is 0 Å². The molecule has 0 saturated carbocycles. The number of aliphatic carboxylic acids is 1. The third-order valence-electron chi connectivity index (χ3n) is 2.40. The number of carbonyl (C=O) groups is 2. The molecule has 14 heavy (non-hydrogen) atoms. The van der Waals surface area contributed by atoms with E-state index in [-0.39, 0.29) is 11.8 Å². The third kappa shape index (κ3) is 2.58. The first-order valence-electron chi connectivity index (χ1n) is 4.83. The zero-order valence-electron chi connectivity index (χ0n) is 8.19. The quantitative estimate of drug-likeness (QED) is 0.659. The Balaban J connectivity index is 2.42. The summed E-state index contributed by atoms with van der Waals surface area (Å²) in [6.07, 6.45) is 5.77. The summed E-state index contributed by atoms with van der Waals surface area (Å²) in [6.45, 7) is 1.74. The van der Waals surface area contributed by atoms with Gasteiger partial charge in [-0.05, 0) is 19.3 Å². The molecule has 0 bridgehead atoms. The van der Waals surface area contributed by atoms with Crippen LogP contribution in [0.5, 0.6) is 0 Å². The maximum atomic E-state index is 11.5. The van der Waals surface area contributed by atoms with Gasteiger partial charge in [0, 0.05) is 5.92 Å². The van der Waals surface area contributed by atoms with E-state index in [2.05, 4.69) is 5.32 Å². The lowest BCUT2D eigenvalue weighted by Gasteiger charge is -2.15. The van der Waals surface area contributed by atoms with E-state index in [9.17, 15) is 9.59 Å². The molecule has 78 valence electrons. The smallest absolute Gasteiger partial charge is 0.326 e. The molecule has 1 aliphatic rings. The van der Waals surface area contributed by atoms with Gasteiger partial charge in [-0.15, -0.1) is 0 Å². The maximum Gasteiger partial charge on any atom is 0.326 e. The molecule has 0 radical (unpaired) electrons. The van der Waals surface area contributed by atoms with Crippen molar-refractivity contribution in [3.63, 3.8) is 0 Å². The number of nitrogens with one attached hydrogen (secondary N) is 1. The van der Waals surface area contributed by atoms with Crippen LogP contribution in [0.25, 0.3) is 0 Å². The number of amides is 1. The molecule has 0 heterocycles. The van der Waals surface area contributed by atoms with Gasteiger partial charge in [0.2, 0.25) is 5.91 Å². The Morgan fingerprint density at radius 3 is 2.50 bits per heavy atom. The number of carbonyl (C=O) groups excluding carboxylic acids is 1. The van der Waals surface area contributed by atoms with Crippen LogP contribution in [0.15, 0.2) is 12.2 Å². The van der Waals surface area contributed by atoms with Gasteiger partial charge in [-0.1, -0.05) is 19.1 Å². The highest BCUT2D eigenvalue weighted by Crippen LogP contribution is 2.17. The van der Waals surface area contributed by atoms with E-state index in [1.807, 2.05) is 12.2 Å². The van der Waals surface area contributed by atoms with Gasteiger partial charge < -0.3 is 10.4 Å². The SMILES string of the molecule is CC[C@@H](NC(=O)C1CC=CC1)C(=O)O. The molecule has 0 aliphatic heterocycles. The maximum absolute atomic E-state index is 11.5. The Hall–Kier alpha value is -1.32. The van der Waals surface area contributed by atoms with Gasteiger partial charge in [-0.25, -0.2) is 4.79 Å². The van der Waals surface area contributed by atoms with Gasteiger partial charge in [0.15, 0.2) is 0 Å². The van der Waals surface area contributed by atoms with Crippen LogP contribution in [0.4, 0.5) is 0 Å². The largest absolute Gasteiger partial charge is 0.480 e. The molecule has 1 atom stereocenters. The lowest BCUT2D eigenvalue weighted by atomic mass is 10.1. The lowest BCUT2D eigenvalue weighted by Crippen LogP contribution is -2.42. The lowest BCUT2D eigenvalue weighted by molar-refractivity contribution is -0.142. The monoisotopic (exact) mass is 197 g/mol.